The van der Waals surface area contributed by atoms with Gasteiger partial charge >= 0.3 is 12.1 Å². The first-order valence-electron chi connectivity index (χ1n) is 7.52. The van der Waals surface area contributed by atoms with Crippen molar-refractivity contribution in [3.05, 3.63) is 17.5 Å². The zero-order valence-corrected chi connectivity index (χ0v) is 13.4. The standard InChI is InChI=1S/C14H21N5O4/c1-14(2,3)17(13(21)22)4-5-18-10-7-16-8-11(9(10)6-15-18)19(23)12(16)20/h6,11,23H,4-5,7-8H2,1-3H3,(H,21,22). The van der Waals surface area contributed by atoms with E-state index in [4.69, 9.17) is 0 Å². The van der Waals surface area contributed by atoms with Crippen LogP contribution >= 0.6 is 0 Å². The first kappa shape index (κ1) is 15.6. The highest BCUT2D eigenvalue weighted by Crippen LogP contribution is 2.36. The van der Waals surface area contributed by atoms with Gasteiger partial charge in [0.25, 0.3) is 0 Å². The lowest BCUT2D eigenvalue weighted by Crippen LogP contribution is -2.46. The second-order valence-electron chi connectivity index (χ2n) is 6.90. The van der Waals surface area contributed by atoms with E-state index in [1.54, 1.807) is 15.8 Å². The maximum Gasteiger partial charge on any atom is 0.407 e. The van der Waals surface area contributed by atoms with Crippen LogP contribution in [0.1, 0.15) is 38.1 Å². The Morgan fingerprint density at radius 3 is 2.78 bits per heavy atom. The number of carbonyl (C=O) groups is 2. The van der Waals surface area contributed by atoms with Crippen LogP contribution in [0.3, 0.4) is 0 Å². The van der Waals surface area contributed by atoms with Crippen molar-refractivity contribution in [1.82, 2.24) is 24.6 Å². The third-order valence-electron chi connectivity index (χ3n) is 4.41. The Kier molecular flexibility index (Phi) is 3.47. The van der Waals surface area contributed by atoms with Gasteiger partial charge in [-0.15, -0.1) is 0 Å². The van der Waals surface area contributed by atoms with Crippen LogP contribution in [0, 0.1) is 0 Å². The van der Waals surface area contributed by atoms with Crippen LogP contribution in [-0.2, 0) is 13.1 Å². The molecule has 0 aliphatic carbocycles. The Morgan fingerprint density at radius 2 is 2.17 bits per heavy atom. The number of hydroxylamine groups is 2. The highest BCUT2D eigenvalue weighted by atomic mass is 16.5. The van der Waals surface area contributed by atoms with Gasteiger partial charge in [0.2, 0.25) is 0 Å². The minimum absolute atomic E-state index is 0.300. The van der Waals surface area contributed by atoms with Gasteiger partial charge in [0, 0.05) is 17.6 Å². The molecular formula is C14H21N5O4. The number of hydrogen-bond acceptors (Lipinski definition) is 4. The second kappa shape index (κ2) is 5.12. The van der Waals surface area contributed by atoms with Gasteiger partial charge in [-0.25, -0.2) is 9.59 Å². The molecule has 3 amide bonds. The van der Waals surface area contributed by atoms with E-state index in [2.05, 4.69) is 5.10 Å². The lowest BCUT2D eigenvalue weighted by Gasteiger charge is -2.33. The quantitative estimate of drug-likeness (QED) is 0.817. The molecule has 2 aliphatic rings. The van der Waals surface area contributed by atoms with Gasteiger partial charge in [-0.1, -0.05) is 0 Å². The lowest BCUT2D eigenvalue weighted by molar-refractivity contribution is -0.0586. The zero-order chi connectivity index (χ0) is 16.9. The Labute approximate surface area is 133 Å². The van der Waals surface area contributed by atoms with Crippen molar-refractivity contribution in [2.75, 3.05) is 13.1 Å². The van der Waals surface area contributed by atoms with E-state index in [0.717, 1.165) is 16.3 Å². The van der Waals surface area contributed by atoms with Crippen molar-refractivity contribution in [2.24, 2.45) is 0 Å². The molecule has 2 bridgehead atoms. The van der Waals surface area contributed by atoms with Gasteiger partial charge < -0.3 is 14.9 Å². The molecule has 3 heterocycles. The summed E-state index contributed by atoms with van der Waals surface area (Å²) in [7, 11) is 0. The number of carbonyl (C=O) groups excluding carboxylic acids is 1. The van der Waals surface area contributed by atoms with E-state index in [9.17, 15) is 19.9 Å². The molecular weight excluding hydrogens is 302 g/mol. The van der Waals surface area contributed by atoms with Gasteiger partial charge in [0.1, 0.15) is 6.04 Å². The van der Waals surface area contributed by atoms with Crippen molar-refractivity contribution in [2.45, 2.75) is 45.4 Å². The Hall–Kier alpha value is -2.29. The van der Waals surface area contributed by atoms with Crippen molar-refractivity contribution in [1.29, 1.82) is 0 Å². The molecule has 9 nitrogen and oxygen atoms in total. The summed E-state index contributed by atoms with van der Waals surface area (Å²) in [5, 5.41) is 24.2. The molecule has 1 fully saturated rings. The summed E-state index contributed by atoms with van der Waals surface area (Å²) >= 11 is 0. The average Bonchev–Trinajstić information content (AvgIpc) is 2.94. The first-order chi connectivity index (χ1) is 10.7. The monoisotopic (exact) mass is 323 g/mol. The van der Waals surface area contributed by atoms with Crippen molar-refractivity contribution < 1.29 is 19.9 Å². The number of aromatic nitrogens is 2. The van der Waals surface area contributed by atoms with E-state index < -0.39 is 23.7 Å². The molecule has 9 heteroatoms. The van der Waals surface area contributed by atoms with Gasteiger partial charge in [-0.3, -0.25) is 9.89 Å². The molecule has 0 aromatic carbocycles. The Balaban J connectivity index is 1.79. The Morgan fingerprint density at radius 1 is 1.48 bits per heavy atom. The average molecular weight is 323 g/mol. The van der Waals surface area contributed by atoms with Gasteiger partial charge in [-0.2, -0.15) is 10.2 Å². The summed E-state index contributed by atoms with van der Waals surface area (Å²) in [5.41, 5.74) is 1.18. The summed E-state index contributed by atoms with van der Waals surface area (Å²) in [4.78, 5) is 26.2. The molecule has 3 rings (SSSR count). The van der Waals surface area contributed by atoms with Crippen molar-refractivity contribution >= 4 is 12.1 Å². The molecule has 1 saturated heterocycles. The lowest BCUT2D eigenvalue weighted by atomic mass is 10.0. The van der Waals surface area contributed by atoms with Gasteiger partial charge in [0.05, 0.1) is 31.5 Å². The molecule has 1 unspecified atom stereocenters. The molecule has 1 atom stereocenters. The Bertz CT molecular complexity index is 650. The third-order valence-corrected chi connectivity index (χ3v) is 4.41. The highest BCUT2D eigenvalue weighted by Gasteiger charge is 2.44. The molecule has 126 valence electrons. The summed E-state index contributed by atoms with van der Waals surface area (Å²) in [6.45, 7) is 7.06. The van der Waals surface area contributed by atoms with Crippen LogP contribution in [0.5, 0.6) is 0 Å². The van der Waals surface area contributed by atoms with E-state index in [1.807, 2.05) is 20.8 Å². The van der Waals surface area contributed by atoms with Gasteiger partial charge in [-0.05, 0) is 20.8 Å². The number of hydrogen-bond donors (Lipinski definition) is 2. The van der Waals surface area contributed by atoms with E-state index in [0.29, 0.717) is 26.2 Å². The van der Waals surface area contributed by atoms with Gasteiger partial charge in [0.15, 0.2) is 0 Å². The molecule has 1 aromatic rings. The number of fused-ring (bicyclic) bond motifs is 4. The first-order valence-corrected chi connectivity index (χ1v) is 7.52. The molecule has 0 spiro atoms. The largest absolute Gasteiger partial charge is 0.465 e. The molecule has 2 aliphatic heterocycles. The summed E-state index contributed by atoms with van der Waals surface area (Å²) in [5.74, 6) is 0. The minimum Gasteiger partial charge on any atom is -0.465 e. The maximum absolute atomic E-state index is 11.8. The van der Waals surface area contributed by atoms with E-state index in [1.165, 1.54) is 4.90 Å². The number of carboxylic acid groups (broad SMARTS) is 1. The maximum atomic E-state index is 11.8. The fraction of sp³-hybridized carbons (Fsp3) is 0.643. The topological polar surface area (TPSA) is 102 Å². The van der Waals surface area contributed by atoms with Crippen LogP contribution < -0.4 is 0 Å². The van der Waals surface area contributed by atoms with E-state index >= 15 is 0 Å². The van der Waals surface area contributed by atoms with Crippen molar-refractivity contribution in [3.63, 3.8) is 0 Å². The second-order valence-corrected chi connectivity index (χ2v) is 6.90. The van der Waals surface area contributed by atoms with Crippen molar-refractivity contribution in [3.8, 4) is 0 Å². The third kappa shape index (κ3) is 2.50. The number of nitrogens with zero attached hydrogens (tertiary/aromatic N) is 5. The van der Waals surface area contributed by atoms with Crippen LogP contribution in [-0.4, -0.2) is 65.7 Å². The summed E-state index contributed by atoms with van der Waals surface area (Å²) < 4.78 is 1.72. The molecule has 1 aromatic heterocycles. The predicted octanol–water partition coefficient (Wildman–Crippen LogP) is 1.34. The number of rotatable bonds is 3. The number of urea groups is 1. The van der Waals surface area contributed by atoms with Crippen LogP contribution in [0.15, 0.2) is 6.20 Å². The molecule has 0 radical (unpaired) electrons. The molecule has 0 saturated carbocycles. The predicted molar refractivity (Wildman–Crippen MR) is 78.9 cm³/mol. The smallest absolute Gasteiger partial charge is 0.407 e. The summed E-state index contributed by atoms with van der Waals surface area (Å²) in [6.07, 6.45) is 0.681. The minimum atomic E-state index is -0.973. The zero-order valence-electron chi connectivity index (χ0n) is 13.4. The fourth-order valence-corrected chi connectivity index (χ4v) is 3.17. The highest BCUT2D eigenvalue weighted by molar-refractivity contribution is 5.77. The number of amides is 3. The summed E-state index contributed by atoms with van der Waals surface area (Å²) in [6, 6.07) is -0.794. The fourth-order valence-electron chi connectivity index (χ4n) is 3.17. The molecule has 2 N–H and O–H groups in total. The van der Waals surface area contributed by atoms with E-state index in [-0.39, 0.29) is 0 Å². The van der Waals surface area contributed by atoms with Crippen LogP contribution in [0.25, 0.3) is 0 Å². The van der Waals surface area contributed by atoms with Crippen LogP contribution in [0.2, 0.25) is 0 Å². The van der Waals surface area contributed by atoms with Crippen LogP contribution in [0.4, 0.5) is 9.59 Å². The SMILES string of the molecule is CC(C)(C)N(CCn1ncc2c1CN1CC2N(O)C1=O)C(=O)O. The molecule has 23 heavy (non-hydrogen) atoms. The normalized spacial score (nSPS) is 20.0.